The lowest BCUT2D eigenvalue weighted by Gasteiger charge is -2.13. The number of nitrogens with one attached hydrogen (secondary N) is 1. The van der Waals surface area contributed by atoms with Gasteiger partial charge in [-0.1, -0.05) is 26.7 Å². The van der Waals surface area contributed by atoms with Crippen molar-refractivity contribution in [2.75, 3.05) is 5.75 Å². The number of aromatic nitrogens is 1. The fourth-order valence-corrected chi connectivity index (χ4v) is 3.92. The van der Waals surface area contributed by atoms with E-state index >= 15 is 0 Å². The number of carbonyl (C=O) groups is 1. The molecule has 1 heterocycles. The molecule has 0 unspecified atom stereocenters. The zero-order valence-corrected chi connectivity index (χ0v) is 12.9. The van der Waals surface area contributed by atoms with E-state index in [9.17, 15) is 13.2 Å². The zero-order chi connectivity index (χ0) is 14.3. The number of hydrogen-bond donors (Lipinski definition) is 1. The van der Waals surface area contributed by atoms with Crippen molar-refractivity contribution in [3.8, 4) is 0 Å². The molecule has 0 radical (unpaired) electrons. The molecule has 0 aromatic carbocycles. The predicted molar refractivity (Wildman–Crippen MR) is 76.4 cm³/mol. The zero-order valence-electron chi connectivity index (χ0n) is 11.3. The number of carbonyl (C=O) groups excluding carboxylic acids is 1. The second kappa shape index (κ2) is 7.59. The maximum Gasteiger partial charge on any atom is 0.235 e. The summed E-state index contributed by atoms with van der Waals surface area (Å²) < 4.78 is 25.7. The topological polar surface area (TPSA) is 76.1 Å². The van der Waals surface area contributed by atoms with Crippen LogP contribution in [0.2, 0.25) is 0 Å². The quantitative estimate of drug-likeness (QED) is 0.796. The minimum atomic E-state index is -3.51. The summed E-state index contributed by atoms with van der Waals surface area (Å²) in [7, 11) is -3.51. The average molecular weight is 304 g/mol. The average Bonchev–Trinajstić information content (AvgIpc) is 2.86. The molecule has 1 aromatic heterocycles. The molecule has 108 valence electrons. The molecular weight excluding hydrogens is 284 g/mol. The number of hydrogen-bond acceptors (Lipinski definition) is 5. The first kappa shape index (κ1) is 16.1. The minimum absolute atomic E-state index is 0.0163. The van der Waals surface area contributed by atoms with Crippen molar-refractivity contribution in [3.63, 3.8) is 0 Å². The highest BCUT2D eigenvalue weighted by Crippen LogP contribution is 2.10. The summed E-state index contributed by atoms with van der Waals surface area (Å²) in [5.41, 5.74) is 2.51. The Hall–Kier alpha value is -0.950. The fraction of sp³-hybridized carbons (Fsp3) is 0.667. The number of thiazole rings is 1. The van der Waals surface area contributed by atoms with Crippen LogP contribution in [-0.4, -0.2) is 25.1 Å². The molecule has 7 heteroatoms. The van der Waals surface area contributed by atoms with Gasteiger partial charge >= 0.3 is 0 Å². The minimum Gasteiger partial charge on any atom is -0.274 e. The fourth-order valence-electron chi connectivity index (χ4n) is 1.70. The summed E-state index contributed by atoms with van der Waals surface area (Å²) in [6, 6.07) is 0. The van der Waals surface area contributed by atoms with Gasteiger partial charge in [0.1, 0.15) is 0 Å². The van der Waals surface area contributed by atoms with E-state index in [-0.39, 0.29) is 18.1 Å². The van der Waals surface area contributed by atoms with Crippen molar-refractivity contribution in [2.24, 2.45) is 5.92 Å². The number of aryl methyl sites for hydroxylation is 1. The van der Waals surface area contributed by atoms with E-state index in [0.717, 1.165) is 18.5 Å². The Balaban J connectivity index is 2.42. The van der Waals surface area contributed by atoms with Crippen molar-refractivity contribution in [1.29, 1.82) is 0 Å². The number of amides is 1. The Bertz CT molecular complexity index is 479. The third kappa shape index (κ3) is 6.15. The largest absolute Gasteiger partial charge is 0.274 e. The van der Waals surface area contributed by atoms with Gasteiger partial charge in [0.25, 0.3) is 0 Å². The highest BCUT2D eigenvalue weighted by molar-refractivity contribution is 7.90. The second-order valence-electron chi connectivity index (χ2n) is 4.47. The molecule has 1 amide bonds. The third-order valence-electron chi connectivity index (χ3n) is 2.97. The summed E-state index contributed by atoms with van der Waals surface area (Å²) in [6.45, 7) is 3.90. The Labute approximate surface area is 118 Å². The lowest BCUT2D eigenvalue weighted by atomic mass is 10.1. The molecule has 0 aliphatic rings. The molecule has 19 heavy (non-hydrogen) atoms. The van der Waals surface area contributed by atoms with E-state index < -0.39 is 15.9 Å². The van der Waals surface area contributed by atoms with Gasteiger partial charge in [-0.3, -0.25) is 9.52 Å². The van der Waals surface area contributed by atoms with Gasteiger partial charge in [-0.2, -0.15) is 0 Å². The van der Waals surface area contributed by atoms with Gasteiger partial charge in [0.15, 0.2) is 0 Å². The van der Waals surface area contributed by atoms with Gasteiger partial charge in [0.2, 0.25) is 15.9 Å². The summed E-state index contributed by atoms with van der Waals surface area (Å²) in [4.78, 5) is 15.6. The monoisotopic (exact) mass is 304 g/mol. The molecule has 0 saturated carbocycles. The first-order chi connectivity index (χ1) is 8.96. The molecule has 0 atom stereocenters. The van der Waals surface area contributed by atoms with Gasteiger partial charge in [-0.05, 0) is 12.3 Å². The summed E-state index contributed by atoms with van der Waals surface area (Å²) >= 11 is 1.46. The van der Waals surface area contributed by atoms with Crippen LogP contribution in [0.3, 0.4) is 0 Å². The molecule has 0 bridgehead atoms. The Morgan fingerprint density at radius 3 is 2.63 bits per heavy atom. The van der Waals surface area contributed by atoms with E-state index in [4.69, 9.17) is 0 Å². The van der Waals surface area contributed by atoms with Crippen LogP contribution < -0.4 is 4.72 Å². The van der Waals surface area contributed by atoms with Crippen LogP contribution in [0.4, 0.5) is 0 Å². The standard InChI is InChI=1S/C12H20N2O3S2/c1-3-10(4-2)8-19(16,17)14-12(15)6-5-11-7-18-9-13-11/h7,9-10H,3-6,8H2,1-2H3,(H,14,15). The van der Waals surface area contributed by atoms with Crippen molar-refractivity contribution < 1.29 is 13.2 Å². The second-order valence-corrected chi connectivity index (χ2v) is 6.95. The van der Waals surface area contributed by atoms with Crippen LogP contribution in [0, 0.1) is 5.92 Å². The van der Waals surface area contributed by atoms with Gasteiger partial charge in [0.05, 0.1) is 17.0 Å². The summed E-state index contributed by atoms with van der Waals surface area (Å²) in [6.07, 6.45) is 2.20. The number of sulfonamides is 1. The highest BCUT2D eigenvalue weighted by atomic mass is 32.2. The summed E-state index contributed by atoms with van der Waals surface area (Å²) in [5, 5.41) is 1.85. The van der Waals surface area contributed by atoms with E-state index in [0.29, 0.717) is 6.42 Å². The highest BCUT2D eigenvalue weighted by Gasteiger charge is 2.19. The van der Waals surface area contributed by atoms with E-state index in [2.05, 4.69) is 9.71 Å². The van der Waals surface area contributed by atoms with Crippen molar-refractivity contribution in [3.05, 3.63) is 16.6 Å². The Morgan fingerprint density at radius 2 is 2.11 bits per heavy atom. The first-order valence-corrected chi connectivity index (χ1v) is 8.96. The first-order valence-electron chi connectivity index (χ1n) is 6.37. The Morgan fingerprint density at radius 1 is 1.42 bits per heavy atom. The number of nitrogens with zero attached hydrogens (tertiary/aromatic N) is 1. The van der Waals surface area contributed by atoms with Crippen LogP contribution in [0.1, 0.15) is 38.8 Å². The maximum absolute atomic E-state index is 11.8. The normalized spacial score (nSPS) is 11.7. The van der Waals surface area contributed by atoms with Crippen LogP contribution >= 0.6 is 11.3 Å². The number of rotatable bonds is 8. The van der Waals surface area contributed by atoms with Gasteiger partial charge < -0.3 is 0 Å². The van der Waals surface area contributed by atoms with Crippen LogP contribution in [-0.2, 0) is 21.2 Å². The molecule has 1 rings (SSSR count). The molecular formula is C12H20N2O3S2. The molecule has 1 aromatic rings. The van der Waals surface area contributed by atoms with Crippen LogP contribution in [0.15, 0.2) is 10.9 Å². The molecule has 0 aliphatic carbocycles. The van der Waals surface area contributed by atoms with E-state index in [1.807, 2.05) is 19.2 Å². The molecule has 5 nitrogen and oxygen atoms in total. The van der Waals surface area contributed by atoms with Gasteiger partial charge in [0, 0.05) is 11.8 Å². The predicted octanol–water partition coefficient (Wildman–Crippen LogP) is 1.96. The SMILES string of the molecule is CCC(CC)CS(=O)(=O)NC(=O)CCc1cscn1. The Kier molecular flexibility index (Phi) is 6.44. The van der Waals surface area contributed by atoms with Crippen molar-refractivity contribution in [2.45, 2.75) is 39.5 Å². The third-order valence-corrected chi connectivity index (χ3v) is 5.06. The molecule has 1 N–H and O–H groups in total. The molecule has 0 fully saturated rings. The lowest BCUT2D eigenvalue weighted by Crippen LogP contribution is -2.34. The smallest absolute Gasteiger partial charge is 0.235 e. The van der Waals surface area contributed by atoms with Crippen molar-refractivity contribution in [1.82, 2.24) is 9.71 Å². The van der Waals surface area contributed by atoms with Crippen LogP contribution in [0.5, 0.6) is 0 Å². The van der Waals surface area contributed by atoms with E-state index in [1.165, 1.54) is 11.3 Å². The molecule has 0 spiro atoms. The van der Waals surface area contributed by atoms with Crippen molar-refractivity contribution >= 4 is 27.3 Å². The van der Waals surface area contributed by atoms with Crippen LogP contribution in [0.25, 0.3) is 0 Å². The van der Waals surface area contributed by atoms with E-state index in [1.54, 1.807) is 5.51 Å². The lowest BCUT2D eigenvalue weighted by molar-refractivity contribution is -0.119. The molecule has 0 aliphatic heterocycles. The van der Waals surface area contributed by atoms with Gasteiger partial charge in [-0.25, -0.2) is 13.4 Å². The summed E-state index contributed by atoms with van der Waals surface area (Å²) in [5.74, 6) is -0.342. The maximum atomic E-state index is 11.8. The van der Waals surface area contributed by atoms with Gasteiger partial charge in [-0.15, -0.1) is 11.3 Å². The molecule has 0 saturated heterocycles.